The number of nitrogens with zero attached hydrogens (tertiary/aromatic N) is 1. The molecule has 1 saturated carbocycles. The Kier molecular flexibility index (Phi) is 13.3. The second kappa shape index (κ2) is 15.2. The molecule has 30 heavy (non-hydrogen) atoms. The summed E-state index contributed by atoms with van der Waals surface area (Å²) in [7, 11) is 0. The number of nitrogens with one attached hydrogen (secondary N) is 1. The quantitative estimate of drug-likeness (QED) is 0.111. The molecule has 0 spiro atoms. The van der Waals surface area contributed by atoms with Gasteiger partial charge in [-0.1, -0.05) is 51.9 Å². The van der Waals surface area contributed by atoms with E-state index in [1.165, 1.54) is 0 Å². The molecule has 4 unspecified atom stereocenters. The van der Waals surface area contributed by atoms with Crippen molar-refractivity contribution in [2.24, 2.45) is 28.4 Å². The minimum Gasteiger partial charge on any atom is -0.393 e. The van der Waals surface area contributed by atoms with Gasteiger partial charge in [0.05, 0.1) is 12.2 Å². The number of hydrazone groups is 1. The molecule has 1 fully saturated rings. The van der Waals surface area contributed by atoms with Gasteiger partial charge < -0.3 is 21.7 Å². The van der Waals surface area contributed by atoms with Crippen molar-refractivity contribution in [1.82, 2.24) is 5.43 Å². The molecular formula is C22H42N4O4. The molecule has 7 N–H and O–H groups in total. The predicted octanol–water partition coefficient (Wildman–Crippen LogP) is 2.31. The standard InChI is InChI=1S/C22H42N4O4/c1-2-3-7-10-16(27)13-14-18-17(19(28)15-20(18)29)11-8-5-4-6-9-12-21(30)25-26-22(23)24/h16-18,20,27,29H,2-15H2,1H3,(H,25,30)(H4,23,24,26). The number of aliphatic hydroxyl groups excluding tert-OH is 2. The van der Waals surface area contributed by atoms with Gasteiger partial charge in [-0.05, 0) is 38.0 Å². The summed E-state index contributed by atoms with van der Waals surface area (Å²) >= 11 is 0. The van der Waals surface area contributed by atoms with E-state index in [9.17, 15) is 19.8 Å². The van der Waals surface area contributed by atoms with E-state index in [0.717, 1.165) is 70.6 Å². The van der Waals surface area contributed by atoms with E-state index in [4.69, 9.17) is 11.5 Å². The van der Waals surface area contributed by atoms with Gasteiger partial charge in [-0.15, -0.1) is 5.10 Å². The molecule has 8 heteroatoms. The molecule has 0 radical (unpaired) electrons. The number of Topliss-reactive ketones (excluding diaryl/α,β-unsaturated/α-hetero) is 1. The Labute approximate surface area is 180 Å². The summed E-state index contributed by atoms with van der Waals surface area (Å²) in [4.78, 5) is 23.8. The number of ketones is 1. The van der Waals surface area contributed by atoms with E-state index in [-0.39, 0.29) is 42.0 Å². The van der Waals surface area contributed by atoms with Crippen molar-refractivity contribution in [3.63, 3.8) is 0 Å². The molecule has 0 bridgehead atoms. The molecular weight excluding hydrogens is 384 g/mol. The second-order valence-corrected chi connectivity index (χ2v) is 8.61. The molecule has 0 aromatic carbocycles. The van der Waals surface area contributed by atoms with Crippen molar-refractivity contribution in [3.05, 3.63) is 0 Å². The highest BCUT2D eigenvalue weighted by atomic mass is 16.3. The number of aliphatic hydroxyl groups is 2. The largest absolute Gasteiger partial charge is 0.393 e. The number of guanidine groups is 1. The second-order valence-electron chi connectivity index (χ2n) is 8.61. The Morgan fingerprint density at radius 2 is 1.80 bits per heavy atom. The van der Waals surface area contributed by atoms with Gasteiger partial charge in [-0.2, -0.15) is 0 Å². The number of hydrogen-bond donors (Lipinski definition) is 5. The van der Waals surface area contributed by atoms with Crippen LogP contribution < -0.4 is 16.9 Å². The topological polar surface area (TPSA) is 151 Å². The summed E-state index contributed by atoms with van der Waals surface area (Å²) in [6.45, 7) is 2.14. The Hall–Kier alpha value is -1.67. The monoisotopic (exact) mass is 426 g/mol. The maximum Gasteiger partial charge on any atom is 0.240 e. The van der Waals surface area contributed by atoms with Gasteiger partial charge in [-0.3, -0.25) is 9.59 Å². The Balaban J connectivity index is 2.21. The van der Waals surface area contributed by atoms with Crippen LogP contribution in [-0.2, 0) is 9.59 Å². The zero-order chi connectivity index (χ0) is 22.4. The van der Waals surface area contributed by atoms with E-state index in [1.807, 2.05) is 0 Å². The molecule has 0 heterocycles. The molecule has 0 aliphatic heterocycles. The van der Waals surface area contributed by atoms with Gasteiger partial charge in [0.1, 0.15) is 5.78 Å². The van der Waals surface area contributed by atoms with Gasteiger partial charge in [0, 0.05) is 18.8 Å². The minimum atomic E-state index is -0.561. The average Bonchev–Trinajstić information content (AvgIpc) is 2.96. The van der Waals surface area contributed by atoms with Gasteiger partial charge >= 0.3 is 0 Å². The number of hydrogen-bond acceptors (Lipinski definition) is 5. The number of amides is 1. The molecule has 1 rings (SSSR count). The van der Waals surface area contributed by atoms with Crippen molar-refractivity contribution in [1.29, 1.82) is 0 Å². The van der Waals surface area contributed by atoms with E-state index in [2.05, 4.69) is 17.5 Å². The first-order valence-electron chi connectivity index (χ1n) is 11.6. The number of unbranched alkanes of at least 4 members (excludes halogenated alkanes) is 6. The Morgan fingerprint density at radius 1 is 1.10 bits per heavy atom. The molecule has 4 atom stereocenters. The number of carbonyl (C=O) groups is 2. The molecule has 0 aromatic heterocycles. The Morgan fingerprint density at radius 3 is 2.50 bits per heavy atom. The van der Waals surface area contributed by atoms with Crippen molar-refractivity contribution < 1.29 is 19.8 Å². The lowest BCUT2D eigenvalue weighted by Crippen LogP contribution is -2.28. The van der Waals surface area contributed by atoms with Crippen LogP contribution in [0.1, 0.15) is 96.8 Å². The van der Waals surface area contributed by atoms with Crippen LogP contribution in [0, 0.1) is 11.8 Å². The van der Waals surface area contributed by atoms with E-state index in [1.54, 1.807) is 0 Å². The smallest absolute Gasteiger partial charge is 0.240 e. The van der Waals surface area contributed by atoms with E-state index < -0.39 is 6.10 Å². The van der Waals surface area contributed by atoms with Gasteiger partial charge in [0.2, 0.25) is 11.9 Å². The summed E-state index contributed by atoms with van der Waals surface area (Å²) in [6.07, 6.45) is 10.7. The average molecular weight is 427 g/mol. The van der Waals surface area contributed by atoms with Crippen LogP contribution in [0.2, 0.25) is 0 Å². The number of rotatable bonds is 16. The number of nitrogens with two attached hydrogens (primary N) is 2. The SMILES string of the molecule is CCCCCC(O)CCC1C(O)CC(=O)C1CCCCCCCC(=O)NN=C(N)N. The van der Waals surface area contributed by atoms with Gasteiger partial charge in [0.15, 0.2) is 0 Å². The molecule has 1 aliphatic rings. The first-order valence-corrected chi connectivity index (χ1v) is 11.6. The zero-order valence-corrected chi connectivity index (χ0v) is 18.5. The third kappa shape index (κ3) is 10.9. The fourth-order valence-corrected chi connectivity index (χ4v) is 4.31. The first-order chi connectivity index (χ1) is 14.3. The minimum absolute atomic E-state index is 0.0162. The highest BCUT2D eigenvalue weighted by molar-refractivity contribution is 5.84. The van der Waals surface area contributed by atoms with Crippen molar-refractivity contribution >= 4 is 17.6 Å². The lowest BCUT2D eigenvalue weighted by atomic mass is 9.85. The third-order valence-corrected chi connectivity index (χ3v) is 6.04. The summed E-state index contributed by atoms with van der Waals surface area (Å²) in [5.74, 6) is -0.289. The van der Waals surface area contributed by atoms with Crippen molar-refractivity contribution in [3.8, 4) is 0 Å². The molecule has 0 saturated heterocycles. The van der Waals surface area contributed by atoms with Crippen LogP contribution in [0.4, 0.5) is 0 Å². The fourth-order valence-electron chi connectivity index (χ4n) is 4.31. The van der Waals surface area contributed by atoms with Crippen LogP contribution in [0.15, 0.2) is 5.10 Å². The summed E-state index contributed by atoms with van der Waals surface area (Å²) in [6, 6.07) is 0. The summed E-state index contributed by atoms with van der Waals surface area (Å²) in [5.41, 5.74) is 12.6. The first kappa shape index (κ1) is 26.4. The lowest BCUT2D eigenvalue weighted by Gasteiger charge is -2.22. The maximum absolute atomic E-state index is 12.3. The predicted molar refractivity (Wildman–Crippen MR) is 118 cm³/mol. The van der Waals surface area contributed by atoms with Crippen LogP contribution in [0.5, 0.6) is 0 Å². The van der Waals surface area contributed by atoms with E-state index >= 15 is 0 Å². The highest BCUT2D eigenvalue weighted by Gasteiger charge is 2.40. The number of carbonyl (C=O) groups excluding carboxylic acids is 2. The summed E-state index contributed by atoms with van der Waals surface area (Å²) < 4.78 is 0. The lowest BCUT2D eigenvalue weighted by molar-refractivity contribution is -0.122. The fraction of sp³-hybridized carbons (Fsp3) is 0.864. The van der Waals surface area contributed by atoms with Crippen molar-refractivity contribution in [2.45, 2.75) is 109 Å². The van der Waals surface area contributed by atoms with E-state index in [0.29, 0.717) is 12.8 Å². The van der Waals surface area contributed by atoms with Gasteiger partial charge in [-0.25, -0.2) is 5.43 Å². The van der Waals surface area contributed by atoms with Crippen LogP contribution in [0.25, 0.3) is 0 Å². The molecule has 0 aromatic rings. The van der Waals surface area contributed by atoms with Crippen LogP contribution in [0.3, 0.4) is 0 Å². The normalized spacial score (nSPS) is 22.1. The Bertz CT molecular complexity index is 537. The molecule has 1 amide bonds. The maximum atomic E-state index is 12.3. The molecule has 174 valence electrons. The van der Waals surface area contributed by atoms with Crippen molar-refractivity contribution in [2.75, 3.05) is 0 Å². The molecule has 8 nitrogen and oxygen atoms in total. The van der Waals surface area contributed by atoms with Gasteiger partial charge in [0.25, 0.3) is 0 Å². The third-order valence-electron chi connectivity index (χ3n) is 6.04. The highest BCUT2D eigenvalue weighted by Crippen LogP contribution is 2.36. The summed E-state index contributed by atoms with van der Waals surface area (Å²) in [5, 5.41) is 23.9. The van der Waals surface area contributed by atoms with Crippen LogP contribution in [-0.4, -0.2) is 40.1 Å². The molecule has 1 aliphatic carbocycles. The zero-order valence-electron chi connectivity index (χ0n) is 18.5. The van der Waals surface area contributed by atoms with Crippen LogP contribution >= 0.6 is 0 Å².